The first-order chi connectivity index (χ1) is 18.6. The van der Waals surface area contributed by atoms with Crippen molar-refractivity contribution in [2.45, 2.75) is 64.3 Å². The lowest BCUT2D eigenvalue weighted by atomic mass is 10.1. The number of rotatable bonds is 17. The molecule has 39 heavy (non-hydrogen) atoms. The highest BCUT2D eigenvalue weighted by molar-refractivity contribution is 5.74. The molecular formula is C28H36F4N2O5. The van der Waals surface area contributed by atoms with E-state index in [9.17, 15) is 32.3 Å². The van der Waals surface area contributed by atoms with Gasteiger partial charge in [0.05, 0.1) is 6.54 Å². The number of urea groups is 1. The number of carbonyl (C=O) groups excluding carboxylic acids is 1. The number of ether oxygens (including phenoxy) is 2. The lowest BCUT2D eigenvalue weighted by molar-refractivity contribution is -0.150. The molecule has 0 bridgehead atoms. The molecule has 2 aromatic rings. The van der Waals surface area contributed by atoms with Crippen LogP contribution >= 0.6 is 0 Å². The number of aliphatic carboxylic acids is 1. The Morgan fingerprint density at radius 2 is 1.59 bits per heavy atom. The SMILES string of the molecule is CCOC(Cc1ccc(OCCN(CCCCCCC(F)(F)F)C(=O)NCc2ccc(F)cc2)cc1)C(=O)O. The van der Waals surface area contributed by atoms with Gasteiger partial charge >= 0.3 is 18.2 Å². The smallest absolute Gasteiger partial charge is 0.389 e. The van der Waals surface area contributed by atoms with Crippen molar-refractivity contribution < 1.29 is 41.7 Å². The van der Waals surface area contributed by atoms with Crippen LogP contribution in [0.25, 0.3) is 0 Å². The summed E-state index contributed by atoms with van der Waals surface area (Å²) in [6.45, 7) is 2.98. The molecule has 0 heterocycles. The number of carbonyl (C=O) groups is 2. The summed E-state index contributed by atoms with van der Waals surface area (Å²) >= 11 is 0. The third-order valence-electron chi connectivity index (χ3n) is 5.90. The van der Waals surface area contributed by atoms with Crippen molar-refractivity contribution in [2.75, 3.05) is 26.3 Å². The van der Waals surface area contributed by atoms with Gasteiger partial charge in [-0.15, -0.1) is 0 Å². The van der Waals surface area contributed by atoms with Gasteiger partial charge in [-0.3, -0.25) is 0 Å². The minimum absolute atomic E-state index is 0.0527. The molecule has 0 saturated heterocycles. The lowest BCUT2D eigenvalue weighted by Crippen LogP contribution is -2.42. The first-order valence-electron chi connectivity index (χ1n) is 13.0. The molecule has 1 atom stereocenters. The summed E-state index contributed by atoms with van der Waals surface area (Å²) in [7, 11) is 0. The number of carboxylic acid groups (broad SMARTS) is 1. The number of hydrogen-bond donors (Lipinski definition) is 2. The van der Waals surface area contributed by atoms with E-state index in [2.05, 4.69) is 5.32 Å². The largest absolute Gasteiger partial charge is 0.492 e. The van der Waals surface area contributed by atoms with Crippen LogP contribution in [-0.2, 0) is 22.5 Å². The van der Waals surface area contributed by atoms with Crippen LogP contribution in [0.15, 0.2) is 48.5 Å². The predicted molar refractivity (Wildman–Crippen MR) is 138 cm³/mol. The van der Waals surface area contributed by atoms with Gasteiger partial charge in [0.25, 0.3) is 0 Å². The summed E-state index contributed by atoms with van der Waals surface area (Å²) in [5, 5.41) is 12.0. The minimum atomic E-state index is -4.16. The average molecular weight is 557 g/mol. The van der Waals surface area contributed by atoms with E-state index < -0.39 is 24.7 Å². The molecule has 0 aromatic heterocycles. The standard InChI is InChI=1S/C28H36F4N2O5/c1-2-38-25(26(35)36)19-21-9-13-24(14-10-21)39-18-17-34(16-6-4-3-5-15-28(30,31)32)27(37)33-20-22-7-11-23(29)12-8-22/h7-14,25H,2-6,15-20H2,1H3,(H,33,37)(H,35,36). The maximum Gasteiger partial charge on any atom is 0.389 e. The van der Waals surface area contributed by atoms with Crippen LogP contribution in [0.5, 0.6) is 5.75 Å². The lowest BCUT2D eigenvalue weighted by Gasteiger charge is -2.23. The van der Waals surface area contributed by atoms with Crippen molar-refractivity contribution in [1.29, 1.82) is 0 Å². The van der Waals surface area contributed by atoms with Crippen LogP contribution in [-0.4, -0.2) is 60.6 Å². The molecule has 0 aliphatic carbocycles. The van der Waals surface area contributed by atoms with Crippen LogP contribution in [0.2, 0.25) is 0 Å². The fourth-order valence-corrected chi connectivity index (χ4v) is 3.82. The van der Waals surface area contributed by atoms with Gasteiger partial charge in [-0.25, -0.2) is 14.0 Å². The van der Waals surface area contributed by atoms with Gasteiger partial charge in [-0.1, -0.05) is 37.1 Å². The van der Waals surface area contributed by atoms with Crippen molar-refractivity contribution in [3.63, 3.8) is 0 Å². The van der Waals surface area contributed by atoms with E-state index in [0.29, 0.717) is 38.2 Å². The van der Waals surface area contributed by atoms with E-state index in [4.69, 9.17) is 9.47 Å². The Labute approximate surface area is 226 Å². The Hall–Kier alpha value is -3.34. The van der Waals surface area contributed by atoms with Gasteiger partial charge < -0.3 is 24.8 Å². The third-order valence-corrected chi connectivity index (χ3v) is 5.90. The monoisotopic (exact) mass is 556 g/mol. The van der Waals surface area contributed by atoms with Gasteiger partial charge in [-0.05, 0) is 55.2 Å². The molecular weight excluding hydrogens is 520 g/mol. The Bertz CT molecular complexity index is 1000. The van der Waals surface area contributed by atoms with Gasteiger partial charge in [0.15, 0.2) is 6.10 Å². The molecule has 0 aliphatic heterocycles. The number of unbranched alkanes of at least 4 members (excludes halogenated alkanes) is 3. The Morgan fingerprint density at radius 1 is 0.949 bits per heavy atom. The summed E-state index contributed by atoms with van der Waals surface area (Å²) < 4.78 is 61.1. The van der Waals surface area contributed by atoms with E-state index in [-0.39, 0.29) is 44.4 Å². The van der Waals surface area contributed by atoms with Crippen molar-refractivity contribution in [3.8, 4) is 5.75 Å². The first-order valence-corrected chi connectivity index (χ1v) is 13.0. The maximum absolute atomic E-state index is 13.1. The van der Waals surface area contributed by atoms with E-state index in [1.54, 1.807) is 48.2 Å². The zero-order chi connectivity index (χ0) is 28.7. The van der Waals surface area contributed by atoms with Gasteiger partial charge in [0.2, 0.25) is 0 Å². The van der Waals surface area contributed by atoms with E-state index in [1.807, 2.05) is 0 Å². The zero-order valence-electron chi connectivity index (χ0n) is 22.0. The van der Waals surface area contributed by atoms with Crippen molar-refractivity contribution >= 4 is 12.0 Å². The number of halogens is 4. The highest BCUT2D eigenvalue weighted by Crippen LogP contribution is 2.23. The number of alkyl halides is 3. The van der Waals surface area contributed by atoms with Crippen LogP contribution in [0, 0.1) is 5.82 Å². The molecule has 0 spiro atoms. The fourth-order valence-electron chi connectivity index (χ4n) is 3.82. The van der Waals surface area contributed by atoms with Crippen molar-refractivity contribution in [1.82, 2.24) is 10.2 Å². The number of hydrogen-bond acceptors (Lipinski definition) is 4. The molecule has 2 rings (SSSR count). The van der Waals surface area contributed by atoms with Gasteiger partial charge in [-0.2, -0.15) is 13.2 Å². The van der Waals surface area contributed by atoms with E-state index in [0.717, 1.165) is 11.1 Å². The highest BCUT2D eigenvalue weighted by atomic mass is 19.4. The molecule has 7 nitrogen and oxygen atoms in total. The van der Waals surface area contributed by atoms with Crippen molar-refractivity contribution in [3.05, 3.63) is 65.5 Å². The van der Waals surface area contributed by atoms with Gasteiger partial charge in [0.1, 0.15) is 18.2 Å². The second-order valence-corrected chi connectivity index (χ2v) is 9.03. The number of carboxylic acids is 1. The van der Waals surface area contributed by atoms with Crippen molar-refractivity contribution in [2.24, 2.45) is 0 Å². The number of benzene rings is 2. The quantitative estimate of drug-likeness (QED) is 0.185. The molecule has 0 radical (unpaired) electrons. The molecule has 2 aromatic carbocycles. The predicted octanol–water partition coefficient (Wildman–Crippen LogP) is 5.96. The molecule has 0 fully saturated rings. The minimum Gasteiger partial charge on any atom is -0.492 e. The fraction of sp³-hybridized carbons (Fsp3) is 0.500. The van der Waals surface area contributed by atoms with Gasteiger partial charge in [0, 0.05) is 32.5 Å². The van der Waals surface area contributed by atoms with Crippen LogP contribution in [0.3, 0.4) is 0 Å². The second kappa shape index (κ2) is 16.6. The molecule has 1 unspecified atom stereocenters. The normalized spacial score (nSPS) is 12.1. The molecule has 216 valence electrons. The summed E-state index contributed by atoms with van der Waals surface area (Å²) in [5.41, 5.74) is 1.50. The Balaban J connectivity index is 1.87. The molecule has 0 aliphatic rings. The second-order valence-electron chi connectivity index (χ2n) is 9.03. The maximum atomic E-state index is 13.1. The van der Waals surface area contributed by atoms with E-state index in [1.165, 1.54) is 12.1 Å². The molecule has 0 saturated carbocycles. The molecule has 2 N–H and O–H groups in total. The highest BCUT2D eigenvalue weighted by Gasteiger charge is 2.25. The molecule has 11 heteroatoms. The zero-order valence-corrected chi connectivity index (χ0v) is 22.0. The topological polar surface area (TPSA) is 88.1 Å². The molecule has 2 amide bonds. The summed E-state index contributed by atoms with van der Waals surface area (Å²) in [6.07, 6.45) is -4.13. The van der Waals surface area contributed by atoms with Crippen LogP contribution in [0.4, 0.5) is 22.4 Å². The van der Waals surface area contributed by atoms with E-state index >= 15 is 0 Å². The Kier molecular flexibility index (Phi) is 13.6. The number of nitrogens with one attached hydrogen (secondary N) is 1. The number of nitrogens with zero attached hydrogens (tertiary/aromatic N) is 1. The summed E-state index contributed by atoms with van der Waals surface area (Å²) in [5.74, 6) is -0.866. The average Bonchev–Trinajstić information content (AvgIpc) is 2.89. The number of amides is 2. The summed E-state index contributed by atoms with van der Waals surface area (Å²) in [6, 6.07) is 12.3. The Morgan fingerprint density at radius 3 is 2.21 bits per heavy atom. The van der Waals surface area contributed by atoms with Crippen LogP contribution in [0.1, 0.15) is 50.2 Å². The first kappa shape index (κ1) is 31.9. The third kappa shape index (κ3) is 13.3. The summed E-state index contributed by atoms with van der Waals surface area (Å²) in [4.78, 5) is 25.6. The van der Waals surface area contributed by atoms with Crippen LogP contribution < -0.4 is 10.1 Å².